The molecule has 1 aliphatic heterocycles. The van der Waals surface area contributed by atoms with Crippen molar-refractivity contribution < 1.29 is 9.90 Å². The van der Waals surface area contributed by atoms with Gasteiger partial charge >= 0.3 is 5.97 Å². The van der Waals surface area contributed by atoms with Crippen LogP contribution >= 0.6 is 0 Å². The van der Waals surface area contributed by atoms with E-state index in [1.165, 1.54) is 11.1 Å². The van der Waals surface area contributed by atoms with Gasteiger partial charge in [-0.05, 0) is 31.9 Å². The predicted molar refractivity (Wildman–Crippen MR) is 62.2 cm³/mol. The Labute approximate surface area is 95.7 Å². The number of carboxylic acids is 1. The molecule has 1 aromatic carbocycles. The van der Waals surface area contributed by atoms with E-state index in [1.807, 2.05) is 4.90 Å². The zero-order valence-corrected chi connectivity index (χ0v) is 9.52. The highest BCUT2D eigenvalue weighted by molar-refractivity contribution is 5.73. The molecule has 0 radical (unpaired) electrons. The van der Waals surface area contributed by atoms with Crippen molar-refractivity contribution >= 4 is 5.97 Å². The highest BCUT2D eigenvalue weighted by Gasteiger charge is 2.29. The van der Waals surface area contributed by atoms with Crippen LogP contribution in [0.5, 0.6) is 0 Å². The summed E-state index contributed by atoms with van der Waals surface area (Å²) in [6.07, 6.45) is 1.77. The molecule has 1 heterocycles. The van der Waals surface area contributed by atoms with E-state index < -0.39 is 5.97 Å². The van der Waals surface area contributed by atoms with Crippen LogP contribution in [0.15, 0.2) is 24.3 Å². The smallest absolute Gasteiger partial charge is 0.320 e. The monoisotopic (exact) mass is 219 g/mol. The molecular weight excluding hydrogens is 202 g/mol. The number of likely N-dealkylation sites (tertiary alicyclic amines) is 1. The number of aliphatic carboxylic acids is 1. The molecule has 86 valence electrons. The topological polar surface area (TPSA) is 40.5 Å². The highest BCUT2D eigenvalue weighted by atomic mass is 16.4. The number of nitrogens with zero attached hydrogens (tertiary/aromatic N) is 1. The second-order valence-electron chi connectivity index (χ2n) is 4.45. The van der Waals surface area contributed by atoms with E-state index in [0.717, 1.165) is 25.9 Å². The first-order chi connectivity index (χ1) is 7.66. The zero-order valence-electron chi connectivity index (χ0n) is 9.52. The fourth-order valence-corrected chi connectivity index (χ4v) is 2.22. The maximum absolute atomic E-state index is 11.0. The number of rotatable bonds is 3. The normalized spacial score (nSPS) is 21.2. The molecule has 3 heteroatoms. The average Bonchev–Trinajstić information content (AvgIpc) is 2.69. The summed E-state index contributed by atoms with van der Waals surface area (Å²) in [7, 11) is 0. The Morgan fingerprint density at radius 3 is 2.75 bits per heavy atom. The molecule has 0 bridgehead atoms. The van der Waals surface area contributed by atoms with Gasteiger partial charge in [-0.15, -0.1) is 0 Å². The van der Waals surface area contributed by atoms with Crippen molar-refractivity contribution in [2.45, 2.75) is 32.4 Å². The molecule has 1 aromatic rings. The quantitative estimate of drug-likeness (QED) is 0.845. The van der Waals surface area contributed by atoms with Gasteiger partial charge in [-0.3, -0.25) is 9.69 Å². The molecule has 2 rings (SSSR count). The third-order valence-corrected chi connectivity index (χ3v) is 3.15. The number of hydrogen-bond acceptors (Lipinski definition) is 2. The Hall–Kier alpha value is -1.35. The number of benzene rings is 1. The predicted octanol–water partition coefficient (Wildman–Crippen LogP) is 2.04. The van der Waals surface area contributed by atoms with Gasteiger partial charge in [0, 0.05) is 6.54 Å². The summed E-state index contributed by atoms with van der Waals surface area (Å²) in [6, 6.07) is 8.00. The first-order valence-electron chi connectivity index (χ1n) is 5.69. The summed E-state index contributed by atoms with van der Waals surface area (Å²) < 4.78 is 0. The zero-order chi connectivity index (χ0) is 11.5. The maximum Gasteiger partial charge on any atom is 0.320 e. The van der Waals surface area contributed by atoms with Crippen molar-refractivity contribution in [3.63, 3.8) is 0 Å². The lowest BCUT2D eigenvalue weighted by atomic mass is 10.1. The van der Waals surface area contributed by atoms with Gasteiger partial charge in [0.05, 0.1) is 0 Å². The van der Waals surface area contributed by atoms with Crippen molar-refractivity contribution in [2.24, 2.45) is 0 Å². The van der Waals surface area contributed by atoms with Gasteiger partial charge in [0.15, 0.2) is 0 Å². The third-order valence-electron chi connectivity index (χ3n) is 3.15. The molecule has 0 aromatic heterocycles. The van der Waals surface area contributed by atoms with Crippen LogP contribution in [0.1, 0.15) is 24.0 Å². The largest absolute Gasteiger partial charge is 0.480 e. The van der Waals surface area contributed by atoms with E-state index in [0.29, 0.717) is 0 Å². The maximum atomic E-state index is 11.0. The Kier molecular flexibility index (Phi) is 3.25. The molecule has 0 unspecified atom stereocenters. The van der Waals surface area contributed by atoms with E-state index in [9.17, 15) is 4.79 Å². The van der Waals surface area contributed by atoms with E-state index in [1.54, 1.807) is 0 Å². The molecule has 1 saturated heterocycles. The number of hydrogen-bond donors (Lipinski definition) is 1. The first kappa shape index (κ1) is 11.1. The molecule has 1 N–H and O–H groups in total. The van der Waals surface area contributed by atoms with Crippen LogP contribution in [-0.2, 0) is 11.3 Å². The Balaban J connectivity index is 2.03. The molecule has 3 nitrogen and oxygen atoms in total. The minimum absolute atomic E-state index is 0.290. The lowest BCUT2D eigenvalue weighted by Gasteiger charge is -2.20. The van der Waals surface area contributed by atoms with Crippen molar-refractivity contribution in [3.8, 4) is 0 Å². The summed E-state index contributed by atoms with van der Waals surface area (Å²) in [5, 5.41) is 9.06. The summed E-state index contributed by atoms with van der Waals surface area (Å²) in [5.41, 5.74) is 2.43. The molecule has 0 spiro atoms. The average molecular weight is 219 g/mol. The number of carbonyl (C=O) groups is 1. The molecule has 0 aliphatic carbocycles. The molecule has 1 atom stereocenters. The minimum Gasteiger partial charge on any atom is -0.480 e. The summed E-state index contributed by atoms with van der Waals surface area (Å²) >= 11 is 0. The summed E-state index contributed by atoms with van der Waals surface area (Å²) in [6.45, 7) is 3.70. The molecule has 0 amide bonds. The van der Waals surface area contributed by atoms with Gasteiger partial charge in [-0.1, -0.05) is 29.8 Å². The van der Waals surface area contributed by atoms with Gasteiger partial charge in [-0.25, -0.2) is 0 Å². The van der Waals surface area contributed by atoms with Crippen LogP contribution < -0.4 is 0 Å². The van der Waals surface area contributed by atoms with Crippen molar-refractivity contribution in [1.82, 2.24) is 4.90 Å². The van der Waals surface area contributed by atoms with Crippen LogP contribution in [-0.4, -0.2) is 28.6 Å². The van der Waals surface area contributed by atoms with E-state index in [2.05, 4.69) is 31.2 Å². The standard InChI is InChI=1S/C13H17NO2/c1-10-4-6-11(7-5-10)9-14-8-2-3-12(14)13(15)16/h4-7,12H,2-3,8-9H2,1H3,(H,15,16)/t12-/m1/s1. The van der Waals surface area contributed by atoms with E-state index in [4.69, 9.17) is 5.11 Å². The second kappa shape index (κ2) is 4.66. The van der Waals surface area contributed by atoms with Gasteiger partial charge in [0.2, 0.25) is 0 Å². The number of carboxylic acid groups (broad SMARTS) is 1. The molecule has 1 fully saturated rings. The van der Waals surface area contributed by atoms with Gasteiger partial charge in [-0.2, -0.15) is 0 Å². The fourth-order valence-electron chi connectivity index (χ4n) is 2.22. The molecular formula is C13H17NO2. The van der Waals surface area contributed by atoms with Crippen LogP contribution in [0.2, 0.25) is 0 Å². The minimum atomic E-state index is -0.690. The van der Waals surface area contributed by atoms with Crippen LogP contribution in [0.4, 0.5) is 0 Å². The SMILES string of the molecule is Cc1ccc(CN2CCC[C@@H]2C(=O)O)cc1. The van der Waals surface area contributed by atoms with Crippen LogP contribution in [0.3, 0.4) is 0 Å². The summed E-state index contributed by atoms with van der Waals surface area (Å²) in [5.74, 6) is -0.690. The van der Waals surface area contributed by atoms with Gasteiger partial charge < -0.3 is 5.11 Å². The van der Waals surface area contributed by atoms with E-state index in [-0.39, 0.29) is 6.04 Å². The highest BCUT2D eigenvalue weighted by Crippen LogP contribution is 2.20. The Bertz CT molecular complexity index is 372. The van der Waals surface area contributed by atoms with Crippen molar-refractivity contribution in [2.75, 3.05) is 6.54 Å². The third kappa shape index (κ3) is 2.42. The Morgan fingerprint density at radius 2 is 2.12 bits per heavy atom. The van der Waals surface area contributed by atoms with Crippen molar-refractivity contribution in [3.05, 3.63) is 35.4 Å². The molecule has 0 saturated carbocycles. The first-order valence-corrected chi connectivity index (χ1v) is 5.69. The summed E-state index contributed by atoms with van der Waals surface area (Å²) in [4.78, 5) is 13.1. The molecule has 16 heavy (non-hydrogen) atoms. The lowest BCUT2D eigenvalue weighted by Crippen LogP contribution is -2.35. The van der Waals surface area contributed by atoms with Gasteiger partial charge in [0.1, 0.15) is 6.04 Å². The second-order valence-corrected chi connectivity index (χ2v) is 4.45. The van der Waals surface area contributed by atoms with Crippen molar-refractivity contribution in [1.29, 1.82) is 0 Å². The van der Waals surface area contributed by atoms with Crippen LogP contribution in [0, 0.1) is 6.92 Å². The fraction of sp³-hybridized carbons (Fsp3) is 0.462. The van der Waals surface area contributed by atoms with Crippen LogP contribution in [0.25, 0.3) is 0 Å². The number of aryl methyl sites for hydroxylation is 1. The lowest BCUT2D eigenvalue weighted by molar-refractivity contribution is -0.142. The van der Waals surface area contributed by atoms with Gasteiger partial charge in [0.25, 0.3) is 0 Å². The van der Waals surface area contributed by atoms with E-state index >= 15 is 0 Å². The molecule has 1 aliphatic rings. The Morgan fingerprint density at radius 1 is 1.44 bits per heavy atom.